The third-order valence-corrected chi connectivity index (χ3v) is 2.77. The molecule has 17 heavy (non-hydrogen) atoms. The van der Waals surface area contributed by atoms with Gasteiger partial charge >= 0.3 is 5.97 Å². The Hall–Kier alpha value is -1.65. The van der Waals surface area contributed by atoms with Gasteiger partial charge in [-0.3, -0.25) is 9.79 Å². The molecule has 94 valence electrons. The van der Waals surface area contributed by atoms with Crippen LogP contribution < -0.4 is 0 Å². The molecule has 0 unspecified atom stereocenters. The minimum Gasteiger partial charge on any atom is -0.481 e. The highest BCUT2D eigenvalue weighted by atomic mass is 16.5. The molecule has 0 aliphatic heterocycles. The van der Waals surface area contributed by atoms with Gasteiger partial charge in [-0.25, -0.2) is 4.99 Å². The van der Waals surface area contributed by atoms with E-state index in [-0.39, 0.29) is 12.0 Å². The monoisotopic (exact) mass is 238 g/mol. The van der Waals surface area contributed by atoms with E-state index in [0.717, 1.165) is 12.8 Å². The van der Waals surface area contributed by atoms with Crippen LogP contribution in [0.2, 0.25) is 0 Å². The molecule has 0 amide bonds. The molecular formula is C12H18N2O3. The molecule has 1 aliphatic carbocycles. The van der Waals surface area contributed by atoms with E-state index in [1.54, 1.807) is 13.1 Å². The van der Waals surface area contributed by atoms with E-state index in [2.05, 4.69) is 16.7 Å². The lowest BCUT2D eigenvalue weighted by molar-refractivity contribution is -0.143. The summed E-state index contributed by atoms with van der Waals surface area (Å²) in [6.45, 7) is 5.15. The first-order valence-electron chi connectivity index (χ1n) is 5.71. The van der Waals surface area contributed by atoms with Gasteiger partial charge in [-0.15, -0.1) is 0 Å². The Morgan fingerprint density at radius 3 is 2.53 bits per heavy atom. The van der Waals surface area contributed by atoms with E-state index in [4.69, 9.17) is 9.84 Å². The van der Waals surface area contributed by atoms with E-state index in [1.165, 1.54) is 6.20 Å². The van der Waals surface area contributed by atoms with E-state index in [1.807, 2.05) is 0 Å². The number of carbonyl (C=O) groups is 1. The number of ether oxygens (including phenoxy) is 1. The van der Waals surface area contributed by atoms with Crippen LogP contribution in [0.25, 0.3) is 0 Å². The number of hydrogen-bond donors (Lipinski definition) is 1. The first kappa shape index (κ1) is 13.4. The van der Waals surface area contributed by atoms with Crippen molar-refractivity contribution in [3.05, 3.63) is 12.1 Å². The van der Waals surface area contributed by atoms with Crippen LogP contribution in [0.1, 0.15) is 32.6 Å². The molecule has 0 bridgehead atoms. The Bertz CT molecular complexity index is 329. The molecule has 1 fully saturated rings. The highest BCUT2D eigenvalue weighted by Gasteiger charge is 2.27. The fraction of sp³-hybridized carbons (Fsp3) is 0.583. The summed E-state index contributed by atoms with van der Waals surface area (Å²) < 4.78 is 5.64. The Kier molecular flexibility index (Phi) is 5.39. The van der Waals surface area contributed by atoms with Crippen molar-refractivity contribution in [2.75, 3.05) is 0 Å². The molecular weight excluding hydrogens is 220 g/mol. The van der Waals surface area contributed by atoms with E-state index in [9.17, 15) is 4.79 Å². The molecule has 0 aromatic rings. The van der Waals surface area contributed by atoms with Gasteiger partial charge < -0.3 is 9.84 Å². The number of aliphatic imine (C=N–C) groups is 2. The number of carboxylic acid groups (broad SMARTS) is 1. The van der Waals surface area contributed by atoms with Gasteiger partial charge in [0.25, 0.3) is 0 Å². The quantitative estimate of drug-likeness (QED) is 0.589. The number of rotatable bonds is 5. The van der Waals surface area contributed by atoms with Crippen LogP contribution in [0, 0.1) is 5.92 Å². The zero-order valence-corrected chi connectivity index (χ0v) is 10.0. The second kappa shape index (κ2) is 6.83. The van der Waals surface area contributed by atoms with Gasteiger partial charge in [0, 0.05) is 6.21 Å². The fourth-order valence-corrected chi connectivity index (χ4v) is 1.90. The molecule has 0 aromatic carbocycles. The van der Waals surface area contributed by atoms with Crippen molar-refractivity contribution in [3.8, 4) is 0 Å². The Labute approximate surface area is 101 Å². The second-order valence-electron chi connectivity index (χ2n) is 3.97. The maximum absolute atomic E-state index is 10.8. The average molecular weight is 238 g/mol. The van der Waals surface area contributed by atoms with Crippen LogP contribution in [0.5, 0.6) is 0 Å². The SMILES string of the molecule is C=N/C=C(\N=C/C)OC1CCC(C(=O)O)CC1. The second-order valence-corrected chi connectivity index (χ2v) is 3.97. The van der Waals surface area contributed by atoms with Gasteiger partial charge in [0.1, 0.15) is 6.10 Å². The van der Waals surface area contributed by atoms with Crippen LogP contribution in [-0.2, 0) is 9.53 Å². The molecule has 1 rings (SSSR count). The Morgan fingerprint density at radius 1 is 1.41 bits per heavy atom. The Morgan fingerprint density at radius 2 is 2.06 bits per heavy atom. The molecule has 0 heterocycles. The molecule has 5 nitrogen and oxygen atoms in total. The van der Waals surface area contributed by atoms with Crippen molar-refractivity contribution < 1.29 is 14.6 Å². The van der Waals surface area contributed by atoms with Crippen LogP contribution in [0.4, 0.5) is 0 Å². The average Bonchev–Trinajstić information content (AvgIpc) is 2.30. The summed E-state index contributed by atoms with van der Waals surface area (Å²) in [5.41, 5.74) is 0. The number of carboxylic acids is 1. The lowest BCUT2D eigenvalue weighted by Crippen LogP contribution is -2.25. The number of nitrogens with zero attached hydrogens (tertiary/aromatic N) is 2. The molecule has 5 heteroatoms. The van der Waals surface area contributed by atoms with Crippen LogP contribution in [0.3, 0.4) is 0 Å². The van der Waals surface area contributed by atoms with Crippen LogP contribution in [0.15, 0.2) is 22.1 Å². The van der Waals surface area contributed by atoms with E-state index >= 15 is 0 Å². The highest BCUT2D eigenvalue weighted by molar-refractivity contribution is 5.70. The lowest BCUT2D eigenvalue weighted by Gasteiger charge is -2.26. The standard InChI is InChI=1S/C12H18N2O3/c1-3-14-11(8-13-2)17-10-6-4-9(5-7-10)12(15)16/h3,8-10H,2,4-7H2,1H3,(H,15,16)/b11-8+,14-3-. The number of aliphatic carboxylic acids is 1. The summed E-state index contributed by atoms with van der Waals surface area (Å²) in [4.78, 5) is 18.4. The van der Waals surface area contributed by atoms with Crippen molar-refractivity contribution in [2.45, 2.75) is 38.7 Å². The number of hydrogen-bond acceptors (Lipinski definition) is 4. The first-order chi connectivity index (χ1) is 8.17. The van der Waals surface area contributed by atoms with Crippen molar-refractivity contribution in [1.82, 2.24) is 0 Å². The smallest absolute Gasteiger partial charge is 0.306 e. The summed E-state index contributed by atoms with van der Waals surface area (Å²) in [5, 5.41) is 8.88. The maximum atomic E-state index is 10.8. The maximum Gasteiger partial charge on any atom is 0.306 e. The highest BCUT2D eigenvalue weighted by Crippen LogP contribution is 2.27. The van der Waals surface area contributed by atoms with Crippen LogP contribution in [-0.4, -0.2) is 30.1 Å². The van der Waals surface area contributed by atoms with Gasteiger partial charge in [0.05, 0.1) is 12.1 Å². The third kappa shape index (κ3) is 4.38. The summed E-state index contributed by atoms with van der Waals surface area (Å²) in [6, 6.07) is 0. The van der Waals surface area contributed by atoms with Gasteiger partial charge in [-0.05, 0) is 39.3 Å². The fourth-order valence-electron chi connectivity index (χ4n) is 1.90. The van der Waals surface area contributed by atoms with Crippen molar-refractivity contribution in [1.29, 1.82) is 0 Å². The topological polar surface area (TPSA) is 71.2 Å². The molecule has 1 aliphatic rings. The molecule has 1 saturated carbocycles. The molecule has 0 radical (unpaired) electrons. The van der Waals surface area contributed by atoms with Gasteiger partial charge in [0.2, 0.25) is 5.88 Å². The first-order valence-corrected chi connectivity index (χ1v) is 5.71. The zero-order valence-electron chi connectivity index (χ0n) is 10.0. The minimum atomic E-state index is -0.710. The third-order valence-electron chi connectivity index (χ3n) is 2.77. The minimum absolute atomic E-state index is 0.0299. The summed E-state index contributed by atoms with van der Waals surface area (Å²) in [5.74, 6) is -0.505. The van der Waals surface area contributed by atoms with Crippen molar-refractivity contribution in [2.24, 2.45) is 15.9 Å². The Balaban J connectivity index is 2.46. The molecule has 0 saturated heterocycles. The van der Waals surface area contributed by atoms with Gasteiger partial charge in [-0.2, -0.15) is 0 Å². The largest absolute Gasteiger partial charge is 0.481 e. The van der Waals surface area contributed by atoms with E-state index in [0.29, 0.717) is 18.7 Å². The summed E-state index contributed by atoms with van der Waals surface area (Å²) in [7, 11) is 0. The van der Waals surface area contributed by atoms with Crippen molar-refractivity contribution >= 4 is 18.9 Å². The summed E-state index contributed by atoms with van der Waals surface area (Å²) in [6.07, 6.45) is 5.91. The summed E-state index contributed by atoms with van der Waals surface area (Å²) >= 11 is 0. The lowest BCUT2D eigenvalue weighted by atomic mass is 9.87. The predicted molar refractivity (Wildman–Crippen MR) is 66.3 cm³/mol. The van der Waals surface area contributed by atoms with E-state index < -0.39 is 5.97 Å². The van der Waals surface area contributed by atoms with Gasteiger partial charge in [-0.1, -0.05) is 0 Å². The molecule has 1 N–H and O–H groups in total. The molecule has 0 atom stereocenters. The molecule has 0 spiro atoms. The normalized spacial score (nSPS) is 25.8. The van der Waals surface area contributed by atoms with Gasteiger partial charge in [0.15, 0.2) is 0 Å². The molecule has 0 aromatic heterocycles. The zero-order chi connectivity index (χ0) is 12.7. The van der Waals surface area contributed by atoms with Crippen molar-refractivity contribution in [3.63, 3.8) is 0 Å². The predicted octanol–water partition coefficient (Wildman–Crippen LogP) is 2.24. The van der Waals surface area contributed by atoms with Crippen LogP contribution >= 0.6 is 0 Å².